The maximum absolute atomic E-state index is 12.0. The minimum absolute atomic E-state index is 0. The van der Waals surface area contributed by atoms with E-state index in [1.54, 1.807) is 18.2 Å². The lowest BCUT2D eigenvalue weighted by molar-refractivity contribution is -0.120. The predicted octanol–water partition coefficient (Wildman–Crippen LogP) is 0.365. The maximum Gasteiger partial charge on any atom is 0.243 e. The Morgan fingerprint density at radius 2 is 2.19 bits per heavy atom. The van der Waals surface area contributed by atoms with Crippen LogP contribution in [0.3, 0.4) is 0 Å². The van der Waals surface area contributed by atoms with E-state index in [4.69, 9.17) is 4.74 Å². The number of rotatable bonds is 2. The van der Waals surface area contributed by atoms with Crippen LogP contribution in [-0.4, -0.2) is 45.9 Å². The molecule has 1 saturated heterocycles. The second kappa shape index (κ2) is 6.31. The molecule has 2 N–H and O–H groups in total. The summed E-state index contributed by atoms with van der Waals surface area (Å²) in [7, 11) is -3.18. The smallest absolute Gasteiger partial charge is 0.243 e. The van der Waals surface area contributed by atoms with Gasteiger partial charge in [-0.3, -0.25) is 4.79 Å². The van der Waals surface area contributed by atoms with E-state index in [2.05, 4.69) is 10.6 Å². The number of anilines is 1. The average molecular weight is 333 g/mol. The summed E-state index contributed by atoms with van der Waals surface area (Å²) < 4.78 is 28.9. The van der Waals surface area contributed by atoms with Crippen LogP contribution in [0.5, 0.6) is 0 Å². The zero-order valence-electron chi connectivity index (χ0n) is 11.3. The van der Waals surface area contributed by atoms with Gasteiger partial charge in [0.1, 0.15) is 6.04 Å². The fourth-order valence-electron chi connectivity index (χ4n) is 2.45. The molecule has 0 aromatic heterocycles. The van der Waals surface area contributed by atoms with Crippen molar-refractivity contribution in [3.63, 3.8) is 0 Å². The SMILES string of the molecule is Cl.O=C(Nc1ccc2c(c1)S(=O)(=O)CC2)C1COCCN1. The molecule has 0 aliphatic carbocycles. The number of ether oxygens (including phenoxy) is 1. The molecule has 1 atom stereocenters. The Hall–Kier alpha value is -1.15. The molecule has 0 saturated carbocycles. The van der Waals surface area contributed by atoms with Gasteiger partial charge in [0.25, 0.3) is 0 Å². The Morgan fingerprint density at radius 1 is 1.38 bits per heavy atom. The van der Waals surface area contributed by atoms with E-state index >= 15 is 0 Å². The molecule has 0 bridgehead atoms. The highest BCUT2D eigenvalue weighted by molar-refractivity contribution is 7.91. The van der Waals surface area contributed by atoms with Gasteiger partial charge in [0, 0.05) is 12.2 Å². The van der Waals surface area contributed by atoms with Gasteiger partial charge in [-0.05, 0) is 24.1 Å². The van der Waals surface area contributed by atoms with Crippen molar-refractivity contribution in [2.24, 2.45) is 0 Å². The molecular weight excluding hydrogens is 316 g/mol. The first-order valence-corrected chi connectivity index (χ1v) is 8.19. The molecule has 3 rings (SSSR count). The van der Waals surface area contributed by atoms with Gasteiger partial charge in [-0.25, -0.2) is 8.42 Å². The van der Waals surface area contributed by atoms with Gasteiger partial charge in [0.2, 0.25) is 5.91 Å². The number of fused-ring (bicyclic) bond motifs is 1. The standard InChI is InChI=1S/C13H16N2O4S.ClH/c16-13(11-8-19-5-4-14-11)15-10-2-1-9-3-6-20(17,18)12(9)7-10;/h1-2,7,11,14H,3-6,8H2,(H,15,16);1H. The zero-order chi connectivity index (χ0) is 14.2. The molecule has 1 unspecified atom stereocenters. The summed E-state index contributed by atoms with van der Waals surface area (Å²) in [6.07, 6.45) is 0.546. The number of hydrogen-bond acceptors (Lipinski definition) is 5. The summed E-state index contributed by atoms with van der Waals surface area (Å²) in [4.78, 5) is 12.4. The fourth-order valence-corrected chi connectivity index (χ4v) is 4.03. The topological polar surface area (TPSA) is 84.5 Å². The van der Waals surface area contributed by atoms with Crippen LogP contribution in [0.1, 0.15) is 5.56 Å². The van der Waals surface area contributed by atoms with Crippen molar-refractivity contribution in [1.82, 2.24) is 5.32 Å². The first kappa shape index (κ1) is 16.2. The molecule has 6 nitrogen and oxygen atoms in total. The Labute approximate surface area is 129 Å². The van der Waals surface area contributed by atoms with E-state index in [1.807, 2.05) is 0 Å². The minimum atomic E-state index is -3.18. The summed E-state index contributed by atoms with van der Waals surface area (Å²) >= 11 is 0. The summed E-state index contributed by atoms with van der Waals surface area (Å²) in [5.74, 6) is -0.0577. The molecule has 21 heavy (non-hydrogen) atoms. The summed E-state index contributed by atoms with van der Waals surface area (Å²) in [6, 6.07) is 4.65. The molecule has 2 aliphatic rings. The second-order valence-corrected chi connectivity index (χ2v) is 7.04. The number of sulfone groups is 1. The molecule has 116 valence electrons. The van der Waals surface area contributed by atoms with Gasteiger partial charge < -0.3 is 15.4 Å². The monoisotopic (exact) mass is 332 g/mol. The molecule has 2 aliphatic heterocycles. The molecule has 0 spiro atoms. The Balaban J connectivity index is 0.00000161. The summed E-state index contributed by atoms with van der Waals surface area (Å²) in [5, 5.41) is 5.79. The van der Waals surface area contributed by atoms with E-state index in [0.717, 1.165) is 5.56 Å². The molecule has 0 radical (unpaired) electrons. The molecule has 2 heterocycles. The van der Waals surface area contributed by atoms with Crippen LogP contribution < -0.4 is 10.6 Å². The minimum Gasteiger partial charge on any atom is -0.378 e. The number of benzene rings is 1. The van der Waals surface area contributed by atoms with Crippen LogP contribution in [0.25, 0.3) is 0 Å². The third kappa shape index (κ3) is 3.37. The first-order chi connectivity index (χ1) is 9.56. The van der Waals surface area contributed by atoms with Crippen LogP contribution in [0, 0.1) is 0 Å². The van der Waals surface area contributed by atoms with Gasteiger partial charge in [0.05, 0.1) is 23.9 Å². The second-order valence-electron chi connectivity index (χ2n) is 4.96. The van der Waals surface area contributed by atoms with Crippen molar-refractivity contribution in [3.05, 3.63) is 23.8 Å². The average Bonchev–Trinajstić information content (AvgIpc) is 2.75. The van der Waals surface area contributed by atoms with Crippen molar-refractivity contribution in [2.75, 3.05) is 30.8 Å². The lowest BCUT2D eigenvalue weighted by Gasteiger charge is -2.23. The first-order valence-electron chi connectivity index (χ1n) is 6.54. The fraction of sp³-hybridized carbons (Fsp3) is 0.462. The number of carbonyl (C=O) groups is 1. The number of carbonyl (C=O) groups excluding carboxylic acids is 1. The van der Waals surface area contributed by atoms with Crippen LogP contribution in [0.15, 0.2) is 23.1 Å². The lowest BCUT2D eigenvalue weighted by Crippen LogP contribution is -2.48. The number of morpholine rings is 1. The maximum atomic E-state index is 12.0. The van der Waals surface area contributed by atoms with E-state index < -0.39 is 15.9 Å². The molecule has 1 amide bonds. The zero-order valence-corrected chi connectivity index (χ0v) is 12.9. The van der Waals surface area contributed by atoms with Gasteiger partial charge in [0.15, 0.2) is 9.84 Å². The number of aryl methyl sites for hydroxylation is 1. The number of hydrogen-bond donors (Lipinski definition) is 2. The Bertz CT molecular complexity index is 642. The molecule has 8 heteroatoms. The van der Waals surface area contributed by atoms with Gasteiger partial charge in [-0.1, -0.05) is 6.07 Å². The van der Waals surface area contributed by atoms with Crippen LogP contribution in [-0.2, 0) is 25.8 Å². The van der Waals surface area contributed by atoms with Gasteiger partial charge in [-0.15, -0.1) is 12.4 Å². The van der Waals surface area contributed by atoms with Crippen molar-refractivity contribution in [3.8, 4) is 0 Å². The van der Waals surface area contributed by atoms with Crippen LogP contribution >= 0.6 is 12.4 Å². The Morgan fingerprint density at radius 3 is 2.90 bits per heavy atom. The van der Waals surface area contributed by atoms with Crippen molar-refractivity contribution >= 4 is 33.8 Å². The Kier molecular flexibility index (Phi) is 4.88. The third-order valence-electron chi connectivity index (χ3n) is 3.55. The molecular formula is C13H17ClN2O4S. The highest BCUT2D eigenvalue weighted by Gasteiger charge is 2.27. The largest absolute Gasteiger partial charge is 0.378 e. The van der Waals surface area contributed by atoms with Crippen molar-refractivity contribution < 1.29 is 17.9 Å². The van der Waals surface area contributed by atoms with E-state index in [1.165, 1.54) is 0 Å². The summed E-state index contributed by atoms with van der Waals surface area (Å²) in [6.45, 7) is 1.56. The van der Waals surface area contributed by atoms with Crippen molar-refractivity contribution in [2.45, 2.75) is 17.4 Å². The van der Waals surface area contributed by atoms with Crippen LogP contribution in [0.4, 0.5) is 5.69 Å². The van der Waals surface area contributed by atoms with E-state index in [-0.39, 0.29) is 24.1 Å². The van der Waals surface area contributed by atoms with Crippen LogP contribution in [0.2, 0.25) is 0 Å². The molecule has 1 aromatic rings. The normalized spacial score (nSPS) is 23.0. The number of nitrogens with one attached hydrogen (secondary N) is 2. The quantitative estimate of drug-likeness (QED) is 0.817. The lowest BCUT2D eigenvalue weighted by atomic mass is 10.1. The van der Waals surface area contributed by atoms with Gasteiger partial charge in [-0.2, -0.15) is 0 Å². The van der Waals surface area contributed by atoms with Gasteiger partial charge >= 0.3 is 0 Å². The van der Waals surface area contributed by atoms with E-state index in [0.29, 0.717) is 36.8 Å². The molecule has 1 aromatic carbocycles. The highest BCUT2D eigenvalue weighted by Crippen LogP contribution is 2.28. The number of amides is 1. The third-order valence-corrected chi connectivity index (χ3v) is 5.34. The van der Waals surface area contributed by atoms with Crippen molar-refractivity contribution in [1.29, 1.82) is 0 Å². The highest BCUT2D eigenvalue weighted by atomic mass is 35.5. The van der Waals surface area contributed by atoms with E-state index in [9.17, 15) is 13.2 Å². The molecule has 1 fully saturated rings. The predicted molar refractivity (Wildman–Crippen MR) is 80.7 cm³/mol. The summed E-state index contributed by atoms with van der Waals surface area (Å²) in [5.41, 5.74) is 1.33. The number of halogens is 1.